The molecule has 2 saturated heterocycles. The van der Waals surface area contributed by atoms with Gasteiger partial charge >= 0.3 is 0 Å². The topological polar surface area (TPSA) is 6.48 Å². The van der Waals surface area contributed by atoms with Crippen molar-refractivity contribution in [2.45, 2.75) is 50.6 Å². The molecule has 3 aliphatic rings. The Bertz CT molecular complexity index is 227. The lowest BCUT2D eigenvalue weighted by Gasteiger charge is -2.54. The summed E-state index contributed by atoms with van der Waals surface area (Å²) in [6.07, 6.45) is 8.85. The van der Waals surface area contributed by atoms with Crippen LogP contribution in [-0.2, 0) is 0 Å². The van der Waals surface area contributed by atoms with Gasteiger partial charge in [-0.1, -0.05) is 0 Å². The van der Waals surface area contributed by atoms with Crippen molar-refractivity contribution in [1.29, 1.82) is 0 Å². The van der Waals surface area contributed by atoms with Gasteiger partial charge < -0.3 is 9.80 Å². The molecule has 2 heterocycles. The minimum atomic E-state index is 0.873. The van der Waals surface area contributed by atoms with E-state index in [2.05, 4.69) is 23.9 Å². The Hall–Kier alpha value is -0.0800. The molecule has 0 aromatic heterocycles. The summed E-state index contributed by atoms with van der Waals surface area (Å²) >= 11 is 0. The van der Waals surface area contributed by atoms with E-state index in [9.17, 15) is 0 Å². The van der Waals surface area contributed by atoms with Crippen LogP contribution in [0.3, 0.4) is 0 Å². The second-order valence-corrected chi connectivity index (χ2v) is 6.32. The number of fused-ring (bicyclic) bond motifs is 3. The fourth-order valence-corrected chi connectivity index (χ4v) is 4.70. The van der Waals surface area contributed by atoms with E-state index in [1.54, 1.807) is 0 Å². The smallest absolute Gasteiger partial charge is 0.0279 e. The van der Waals surface area contributed by atoms with Gasteiger partial charge in [-0.3, -0.25) is 0 Å². The molecule has 0 N–H and O–H groups in total. The predicted octanol–water partition coefficient (Wildman–Crippen LogP) is 2.20. The van der Waals surface area contributed by atoms with E-state index in [1.807, 2.05) is 0 Å². The van der Waals surface area contributed by atoms with Crippen LogP contribution < -0.4 is 0 Å². The Balaban J connectivity index is 1.83. The monoisotopic (exact) mass is 222 g/mol. The van der Waals surface area contributed by atoms with Crippen LogP contribution in [-0.4, -0.2) is 49.1 Å². The van der Waals surface area contributed by atoms with Crippen LogP contribution in [0.2, 0.25) is 0 Å². The second-order valence-electron chi connectivity index (χ2n) is 6.32. The van der Waals surface area contributed by atoms with Crippen LogP contribution in [0, 0.1) is 11.8 Å². The van der Waals surface area contributed by atoms with E-state index in [0.29, 0.717) is 0 Å². The molecule has 0 amide bonds. The Kier molecular flexibility index (Phi) is 2.97. The zero-order valence-corrected chi connectivity index (χ0v) is 10.9. The first kappa shape index (κ1) is 11.0. The van der Waals surface area contributed by atoms with Crippen molar-refractivity contribution in [2.75, 3.05) is 27.2 Å². The molecule has 0 bridgehead atoms. The SMILES string of the molecule is CN1CCC[C@H]2CCC3CCCN(C)[C@H]3C21. The number of likely N-dealkylation sites (tertiary alicyclic amines) is 2. The quantitative estimate of drug-likeness (QED) is 0.620. The molecule has 16 heavy (non-hydrogen) atoms. The van der Waals surface area contributed by atoms with Gasteiger partial charge in [-0.15, -0.1) is 0 Å². The minimum Gasteiger partial charge on any atom is -0.302 e. The summed E-state index contributed by atoms with van der Waals surface area (Å²) in [6, 6.07) is 1.75. The number of piperidine rings is 2. The zero-order valence-electron chi connectivity index (χ0n) is 10.9. The van der Waals surface area contributed by atoms with E-state index in [-0.39, 0.29) is 0 Å². The van der Waals surface area contributed by atoms with E-state index >= 15 is 0 Å². The predicted molar refractivity (Wildman–Crippen MR) is 67.5 cm³/mol. The fourth-order valence-electron chi connectivity index (χ4n) is 4.70. The van der Waals surface area contributed by atoms with Gasteiger partial charge in [0.25, 0.3) is 0 Å². The Morgan fingerprint density at radius 2 is 1.12 bits per heavy atom. The van der Waals surface area contributed by atoms with Crippen molar-refractivity contribution in [1.82, 2.24) is 9.80 Å². The molecule has 4 atom stereocenters. The first-order valence-electron chi connectivity index (χ1n) is 7.18. The average Bonchev–Trinajstić information content (AvgIpc) is 2.29. The van der Waals surface area contributed by atoms with Crippen LogP contribution >= 0.6 is 0 Å². The van der Waals surface area contributed by atoms with Gasteiger partial charge in [-0.05, 0) is 77.5 Å². The summed E-state index contributed by atoms with van der Waals surface area (Å²) in [5.41, 5.74) is 0. The van der Waals surface area contributed by atoms with Crippen molar-refractivity contribution in [3.8, 4) is 0 Å². The summed E-state index contributed by atoms with van der Waals surface area (Å²) in [5, 5.41) is 0. The second kappa shape index (κ2) is 4.30. The number of nitrogens with zero attached hydrogens (tertiary/aromatic N) is 2. The van der Waals surface area contributed by atoms with Gasteiger partial charge in [0.05, 0.1) is 0 Å². The highest BCUT2D eigenvalue weighted by Crippen LogP contribution is 2.42. The normalized spacial score (nSPS) is 46.1. The summed E-state index contributed by atoms with van der Waals surface area (Å²) in [6.45, 7) is 2.66. The highest BCUT2D eigenvalue weighted by molar-refractivity contribution is 5.00. The van der Waals surface area contributed by atoms with Crippen LogP contribution in [0.5, 0.6) is 0 Å². The molecule has 2 heteroatoms. The lowest BCUT2D eigenvalue weighted by molar-refractivity contribution is -0.0394. The van der Waals surface area contributed by atoms with Crippen LogP contribution in [0.4, 0.5) is 0 Å². The highest BCUT2D eigenvalue weighted by Gasteiger charge is 2.45. The lowest BCUT2D eigenvalue weighted by Crippen LogP contribution is -2.62. The third kappa shape index (κ3) is 1.70. The Morgan fingerprint density at radius 1 is 0.688 bits per heavy atom. The summed E-state index contributed by atoms with van der Waals surface area (Å²) in [5.74, 6) is 2.00. The molecule has 0 spiro atoms. The summed E-state index contributed by atoms with van der Waals surface area (Å²) in [4.78, 5) is 5.35. The van der Waals surface area contributed by atoms with E-state index in [4.69, 9.17) is 0 Å². The number of hydrogen-bond acceptors (Lipinski definition) is 2. The third-order valence-electron chi connectivity index (χ3n) is 5.41. The van der Waals surface area contributed by atoms with Gasteiger partial charge in [0.1, 0.15) is 0 Å². The molecule has 3 rings (SSSR count). The average molecular weight is 222 g/mol. The van der Waals surface area contributed by atoms with Crippen LogP contribution in [0.25, 0.3) is 0 Å². The Morgan fingerprint density at radius 3 is 1.56 bits per heavy atom. The molecule has 2 nitrogen and oxygen atoms in total. The van der Waals surface area contributed by atoms with E-state index < -0.39 is 0 Å². The van der Waals surface area contributed by atoms with Gasteiger partial charge in [0.2, 0.25) is 0 Å². The zero-order chi connectivity index (χ0) is 11.1. The van der Waals surface area contributed by atoms with Crippen molar-refractivity contribution in [2.24, 2.45) is 11.8 Å². The molecular weight excluding hydrogens is 196 g/mol. The molecule has 92 valence electrons. The largest absolute Gasteiger partial charge is 0.302 e. The van der Waals surface area contributed by atoms with E-state index in [1.165, 1.54) is 51.6 Å². The molecular formula is C14H26N2. The highest BCUT2D eigenvalue weighted by atomic mass is 15.2. The van der Waals surface area contributed by atoms with Crippen LogP contribution in [0.1, 0.15) is 38.5 Å². The molecule has 2 unspecified atom stereocenters. The summed E-state index contributed by atoms with van der Waals surface area (Å²) < 4.78 is 0. The van der Waals surface area contributed by atoms with Crippen molar-refractivity contribution < 1.29 is 0 Å². The number of rotatable bonds is 0. The maximum atomic E-state index is 2.67. The molecule has 1 aliphatic carbocycles. The molecule has 1 saturated carbocycles. The van der Waals surface area contributed by atoms with Gasteiger partial charge in [-0.2, -0.15) is 0 Å². The van der Waals surface area contributed by atoms with Gasteiger partial charge in [0.15, 0.2) is 0 Å². The molecule has 0 radical (unpaired) electrons. The standard InChI is InChI=1S/C14H26N2/c1-15-9-3-5-11-7-8-12-6-4-10-16(2)14(12)13(11)15/h11-14H,3-10H2,1-2H3/t11-,12?,13?,14+/m0/s1. The Labute approximate surface area is 100.0 Å². The maximum Gasteiger partial charge on any atom is 0.0279 e. The van der Waals surface area contributed by atoms with Gasteiger partial charge in [0, 0.05) is 12.1 Å². The first-order chi connectivity index (χ1) is 7.77. The lowest BCUT2D eigenvalue weighted by atomic mass is 9.67. The number of likely N-dealkylation sites (N-methyl/N-ethyl adjacent to an activating group) is 2. The summed E-state index contributed by atoms with van der Waals surface area (Å²) in [7, 11) is 4.73. The molecule has 0 aromatic rings. The van der Waals surface area contributed by atoms with Crippen LogP contribution in [0.15, 0.2) is 0 Å². The molecule has 3 fully saturated rings. The third-order valence-corrected chi connectivity index (χ3v) is 5.41. The van der Waals surface area contributed by atoms with Crippen molar-refractivity contribution in [3.05, 3.63) is 0 Å². The maximum absolute atomic E-state index is 2.67. The first-order valence-corrected chi connectivity index (χ1v) is 7.18. The van der Waals surface area contributed by atoms with Crippen molar-refractivity contribution in [3.63, 3.8) is 0 Å². The van der Waals surface area contributed by atoms with Gasteiger partial charge in [-0.25, -0.2) is 0 Å². The number of hydrogen-bond donors (Lipinski definition) is 0. The van der Waals surface area contributed by atoms with E-state index in [0.717, 1.165) is 23.9 Å². The molecule has 2 aliphatic heterocycles. The fraction of sp³-hybridized carbons (Fsp3) is 1.00. The molecule has 0 aromatic carbocycles. The minimum absolute atomic E-state index is 0.873. The van der Waals surface area contributed by atoms with Crippen molar-refractivity contribution >= 4 is 0 Å².